The van der Waals surface area contributed by atoms with Crippen LogP contribution in [-0.2, 0) is 0 Å². The molecule has 0 fully saturated rings. The quantitative estimate of drug-likeness (QED) is 0.906. The first-order valence-corrected chi connectivity index (χ1v) is 6.72. The Morgan fingerprint density at radius 3 is 2.33 bits per heavy atom. The first-order chi connectivity index (χ1) is 9.90. The van der Waals surface area contributed by atoms with Gasteiger partial charge in [-0.2, -0.15) is 0 Å². The Bertz CT molecular complexity index is 662. The van der Waals surface area contributed by atoms with E-state index in [4.69, 9.17) is 0 Å². The number of benzene rings is 2. The lowest BCUT2D eigenvalue weighted by Crippen LogP contribution is -2.28. The van der Waals surface area contributed by atoms with Gasteiger partial charge in [0.05, 0.1) is 6.04 Å². The monoisotopic (exact) mass is 289 g/mol. The second kappa shape index (κ2) is 6.04. The molecule has 0 spiro atoms. The highest BCUT2D eigenvalue weighted by molar-refractivity contribution is 5.95. The Kier molecular flexibility index (Phi) is 4.36. The van der Waals surface area contributed by atoms with E-state index in [1.165, 1.54) is 6.07 Å². The second-order valence-corrected chi connectivity index (χ2v) is 5.15. The maximum atomic E-state index is 13.6. The van der Waals surface area contributed by atoms with E-state index >= 15 is 0 Å². The molecule has 0 saturated heterocycles. The van der Waals surface area contributed by atoms with Gasteiger partial charge in [0, 0.05) is 0 Å². The molecule has 0 unspecified atom stereocenters. The number of nitrogens with one attached hydrogen (secondary N) is 1. The predicted octanol–water partition coefficient (Wildman–Crippen LogP) is 4.07. The Balaban J connectivity index is 2.25. The average molecular weight is 289 g/mol. The summed E-state index contributed by atoms with van der Waals surface area (Å²) < 4.78 is 27.2. The number of carbonyl (C=O) groups is 1. The van der Waals surface area contributed by atoms with Crippen LogP contribution >= 0.6 is 0 Å². The van der Waals surface area contributed by atoms with E-state index in [2.05, 4.69) is 5.32 Å². The summed E-state index contributed by atoms with van der Waals surface area (Å²) in [6.45, 7) is 5.67. The number of hydrogen-bond donors (Lipinski definition) is 1. The van der Waals surface area contributed by atoms with E-state index in [-0.39, 0.29) is 6.04 Å². The number of rotatable bonds is 3. The minimum Gasteiger partial charge on any atom is -0.345 e. The molecule has 0 aliphatic rings. The molecule has 1 atom stereocenters. The van der Waals surface area contributed by atoms with E-state index in [0.717, 1.165) is 28.8 Å². The number of carbonyl (C=O) groups excluding carboxylic acids is 1. The maximum absolute atomic E-state index is 13.6. The van der Waals surface area contributed by atoms with Crippen molar-refractivity contribution >= 4 is 5.91 Å². The van der Waals surface area contributed by atoms with Crippen LogP contribution in [0.3, 0.4) is 0 Å². The van der Waals surface area contributed by atoms with Crippen LogP contribution in [0.25, 0.3) is 0 Å². The smallest absolute Gasteiger partial charge is 0.257 e. The SMILES string of the molecule is Cc1ccc(C)c([C@@H](C)NC(=O)c2c(F)cccc2F)c1. The molecule has 110 valence electrons. The maximum Gasteiger partial charge on any atom is 0.257 e. The Labute approximate surface area is 122 Å². The lowest BCUT2D eigenvalue weighted by molar-refractivity contribution is 0.0931. The Morgan fingerprint density at radius 2 is 1.71 bits per heavy atom. The molecule has 2 rings (SSSR count). The highest BCUT2D eigenvalue weighted by Gasteiger charge is 2.19. The van der Waals surface area contributed by atoms with Crippen LogP contribution in [0.1, 0.15) is 40.0 Å². The predicted molar refractivity (Wildman–Crippen MR) is 78.2 cm³/mol. The van der Waals surface area contributed by atoms with E-state index in [9.17, 15) is 13.6 Å². The molecular formula is C17H17F2NO. The minimum atomic E-state index is -0.860. The summed E-state index contributed by atoms with van der Waals surface area (Å²) in [5, 5.41) is 2.64. The van der Waals surface area contributed by atoms with Gasteiger partial charge in [-0.05, 0) is 44.0 Å². The molecule has 0 aliphatic heterocycles. The van der Waals surface area contributed by atoms with Crippen LogP contribution in [0.5, 0.6) is 0 Å². The molecule has 0 aliphatic carbocycles. The van der Waals surface area contributed by atoms with Crippen LogP contribution in [0.15, 0.2) is 36.4 Å². The lowest BCUT2D eigenvalue weighted by atomic mass is 9.99. The summed E-state index contributed by atoms with van der Waals surface area (Å²) in [4.78, 5) is 12.1. The molecule has 2 nitrogen and oxygen atoms in total. The second-order valence-electron chi connectivity index (χ2n) is 5.15. The average Bonchev–Trinajstić information content (AvgIpc) is 2.41. The zero-order chi connectivity index (χ0) is 15.6. The first kappa shape index (κ1) is 15.2. The van der Waals surface area contributed by atoms with Crippen LogP contribution in [0.4, 0.5) is 8.78 Å². The Hall–Kier alpha value is -2.23. The molecule has 0 radical (unpaired) electrons. The van der Waals surface area contributed by atoms with Gasteiger partial charge in [-0.15, -0.1) is 0 Å². The first-order valence-electron chi connectivity index (χ1n) is 6.72. The summed E-state index contributed by atoms with van der Waals surface area (Å²) >= 11 is 0. The van der Waals surface area contributed by atoms with Crippen molar-refractivity contribution in [3.63, 3.8) is 0 Å². The molecule has 21 heavy (non-hydrogen) atoms. The number of aryl methyl sites for hydroxylation is 2. The molecule has 0 saturated carbocycles. The van der Waals surface area contributed by atoms with Gasteiger partial charge < -0.3 is 5.32 Å². The van der Waals surface area contributed by atoms with Gasteiger partial charge in [-0.3, -0.25) is 4.79 Å². The molecule has 2 aromatic rings. The molecule has 2 aromatic carbocycles. The summed E-state index contributed by atoms with van der Waals surface area (Å²) in [5.41, 5.74) is 2.46. The van der Waals surface area contributed by atoms with Crippen molar-refractivity contribution in [1.82, 2.24) is 5.32 Å². The highest BCUT2D eigenvalue weighted by atomic mass is 19.1. The molecular weight excluding hydrogens is 272 g/mol. The normalized spacial score (nSPS) is 12.0. The third-order valence-corrected chi connectivity index (χ3v) is 3.44. The van der Waals surface area contributed by atoms with E-state index in [1.54, 1.807) is 6.92 Å². The molecule has 0 heterocycles. The van der Waals surface area contributed by atoms with Gasteiger partial charge >= 0.3 is 0 Å². The highest BCUT2D eigenvalue weighted by Crippen LogP contribution is 2.20. The van der Waals surface area contributed by atoms with Crippen LogP contribution in [-0.4, -0.2) is 5.91 Å². The molecule has 1 N–H and O–H groups in total. The summed E-state index contributed by atoms with van der Waals surface area (Å²) in [5.74, 6) is -2.47. The largest absolute Gasteiger partial charge is 0.345 e. The van der Waals surface area contributed by atoms with Gasteiger partial charge in [-0.1, -0.05) is 29.8 Å². The van der Waals surface area contributed by atoms with Crippen molar-refractivity contribution < 1.29 is 13.6 Å². The van der Waals surface area contributed by atoms with Gasteiger partial charge in [0.25, 0.3) is 5.91 Å². The molecule has 0 bridgehead atoms. The van der Waals surface area contributed by atoms with Crippen LogP contribution < -0.4 is 5.32 Å². The van der Waals surface area contributed by atoms with Gasteiger partial charge in [0.1, 0.15) is 17.2 Å². The summed E-state index contributed by atoms with van der Waals surface area (Å²) in [6.07, 6.45) is 0. The van der Waals surface area contributed by atoms with Crippen molar-refractivity contribution in [1.29, 1.82) is 0 Å². The van der Waals surface area contributed by atoms with E-state index < -0.39 is 23.1 Å². The fourth-order valence-electron chi connectivity index (χ4n) is 2.29. The van der Waals surface area contributed by atoms with Gasteiger partial charge in [-0.25, -0.2) is 8.78 Å². The summed E-state index contributed by atoms with van der Waals surface area (Å²) in [7, 11) is 0. The van der Waals surface area contributed by atoms with Crippen molar-refractivity contribution in [2.24, 2.45) is 0 Å². The Morgan fingerprint density at radius 1 is 1.10 bits per heavy atom. The summed E-state index contributed by atoms with van der Waals surface area (Å²) in [6, 6.07) is 8.92. The number of amides is 1. The van der Waals surface area contributed by atoms with Gasteiger partial charge in [0.15, 0.2) is 0 Å². The third kappa shape index (κ3) is 3.27. The molecule has 0 aromatic heterocycles. The lowest BCUT2D eigenvalue weighted by Gasteiger charge is -2.17. The van der Waals surface area contributed by atoms with Crippen molar-refractivity contribution in [2.75, 3.05) is 0 Å². The zero-order valence-electron chi connectivity index (χ0n) is 12.2. The van der Waals surface area contributed by atoms with E-state index in [0.29, 0.717) is 0 Å². The number of halogens is 2. The zero-order valence-corrected chi connectivity index (χ0v) is 12.2. The van der Waals surface area contributed by atoms with Crippen molar-refractivity contribution in [3.8, 4) is 0 Å². The standard InChI is InChI=1S/C17H17F2NO/c1-10-7-8-11(2)13(9-10)12(3)20-17(21)16-14(18)5-4-6-15(16)19/h4-9,12H,1-3H3,(H,20,21)/t12-/m1/s1. The molecule has 1 amide bonds. The fraction of sp³-hybridized carbons (Fsp3) is 0.235. The third-order valence-electron chi connectivity index (χ3n) is 3.44. The molecule has 4 heteroatoms. The fourth-order valence-corrected chi connectivity index (χ4v) is 2.29. The van der Waals surface area contributed by atoms with Crippen molar-refractivity contribution in [3.05, 3.63) is 70.3 Å². The minimum absolute atomic E-state index is 0.337. The van der Waals surface area contributed by atoms with Crippen LogP contribution in [0.2, 0.25) is 0 Å². The van der Waals surface area contributed by atoms with Gasteiger partial charge in [0.2, 0.25) is 0 Å². The van der Waals surface area contributed by atoms with Crippen molar-refractivity contribution in [2.45, 2.75) is 26.8 Å². The topological polar surface area (TPSA) is 29.1 Å². The van der Waals surface area contributed by atoms with Crippen LogP contribution in [0, 0.1) is 25.5 Å². The van der Waals surface area contributed by atoms with E-state index in [1.807, 2.05) is 32.0 Å². The number of hydrogen-bond acceptors (Lipinski definition) is 1.